The van der Waals surface area contributed by atoms with E-state index in [4.69, 9.17) is 9.73 Å². The number of allylic oxidation sites excluding steroid dienone is 1. The average Bonchev–Trinajstić information content (AvgIpc) is 3.32. The van der Waals surface area contributed by atoms with E-state index in [2.05, 4.69) is 0 Å². The van der Waals surface area contributed by atoms with Crippen LogP contribution in [-0.4, -0.2) is 40.5 Å². The molecule has 1 aromatic heterocycles. The third kappa shape index (κ3) is 5.97. The highest BCUT2D eigenvalue weighted by atomic mass is 32.2. The van der Waals surface area contributed by atoms with Gasteiger partial charge in [-0.15, -0.1) is 0 Å². The van der Waals surface area contributed by atoms with Crippen molar-refractivity contribution in [2.24, 2.45) is 4.99 Å². The molecule has 5 rings (SSSR count). The highest BCUT2D eigenvalue weighted by Gasteiger charge is 2.35. The fourth-order valence-corrected chi connectivity index (χ4v) is 7.15. The first-order chi connectivity index (χ1) is 21.2. The maximum absolute atomic E-state index is 14.1. The van der Waals surface area contributed by atoms with Gasteiger partial charge in [-0.2, -0.15) is 0 Å². The number of nitro groups is 1. The van der Waals surface area contributed by atoms with Crippen molar-refractivity contribution in [1.29, 1.82) is 0 Å². The second-order valence-corrected chi connectivity index (χ2v) is 12.3. The van der Waals surface area contributed by atoms with Crippen molar-refractivity contribution in [3.63, 3.8) is 0 Å². The standard InChI is InChI=1S/C33H32N4O5S2/c1-6-35(7-2)32(39)29-21(4)34-33-36(30(29)24-10-8-9-11-26(24)42-5)31(38)28(44-33)19-22-14-17-27(25(18-22)37(40)41)43-23-15-12-20(3)13-16-23/h8-19,30H,6-7H2,1-5H3/b28-19-/t30-/m1/s1. The number of likely N-dealkylation sites (N-methyl/N-ethyl adjacent to an activating group) is 1. The molecule has 0 radical (unpaired) electrons. The number of fused-ring (bicyclic) bond motifs is 1. The van der Waals surface area contributed by atoms with Gasteiger partial charge in [-0.3, -0.25) is 24.3 Å². The normalized spacial score (nSPS) is 14.7. The van der Waals surface area contributed by atoms with E-state index in [1.807, 2.05) is 63.2 Å². The lowest BCUT2D eigenvalue weighted by Gasteiger charge is -2.29. The van der Waals surface area contributed by atoms with Crippen molar-refractivity contribution in [2.45, 2.75) is 43.5 Å². The summed E-state index contributed by atoms with van der Waals surface area (Å²) < 4.78 is 7.55. The molecule has 4 aromatic rings. The first-order valence-electron chi connectivity index (χ1n) is 14.1. The number of ether oxygens (including phenoxy) is 1. The van der Waals surface area contributed by atoms with Gasteiger partial charge in [0, 0.05) is 29.6 Å². The Bertz CT molecular complexity index is 1960. The predicted octanol–water partition coefficient (Wildman–Crippen LogP) is 5.48. The van der Waals surface area contributed by atoms with Crippen molar-refractivity contribution in [3.8, 4) is 5.75 Å². The topological polar surface area (TPSA) is 107 Å². The Balaban J connectivity index is 1.65. The number of hydrogen-bond acceptors (Lipinski definition) is 8. The number of rotatable bonds is 9. The average molecular weight is 629 g/mol. The summed E-state index contributed by atoms with van der Waals surface area (Å²) in [5.74, 6) is 0.350. The summed E-state index contributed by atoms with van der Waals surface area (Å²) in [4.78, 5) is 47.8. The van der Waals surface area contributed by atoms with Crippen molar-refractivity contribution in [1.82, 2.24) is 9.47 Å². The zero-order valence-electron chi connectivity index (χ0n) is 25.1. The summed E-state index contributed by atoms with van der Waals surface area (Å²) >= 11 is 2.50. The zero-order chi connectivity index (χ0) is 31.5. The van der Waals surface area contributed by atoms with Crippen LogP contribution in [0.4, 0.5) is 5.69 Å². The lowest BCUT2D eigenvalue weighted by Crippen LogP contribution is -2.43. The van der Waals surface area contributed by atoms with E-state index < -0.39 is 11.0 Å². The highest BCUT2D eigenvalue weighted by Crippen LogP contribution is 2.37. The molecule has 9 nitrogen and oxygen atoms in total. The molecule has 226 valence electrons. The van der Waals surface area contributed by atoms with Crippen LogP contribution in [0, 0.1) is 17.0 Å². The molecule has 0 spiro atoms. The molecular formula is C33H32N4O5S2. The Morgan fingerprint density at radius 1 is 1.11 bits per heavy atom. The molecule has 2 heterocycles. The smallest absolute Gasteiger partial charge is 0.283 e. The monoisotopic (exact) mass is 628 g/mol. The Morgan fingerprint density at radius 2 is 1.82 bits per heavy atom. The molecule has 44 heavy (non-hydrogen) atoms. The van der Waals surface area contributed by atoms with Gasteiger partial charge in [-0.05, 0) is 63.6 Å². The van der Waals surface area contributed by atoms with Gasteiger partial charge in [-0.1, -0.05) is 65.1 Å². The van der Waals surface area contributed by atoms with E-state index in [0.29, 0.717) is 55.5 Å². The number of nitro benzene ring substituents is 1. The van der Waals surface area contributed by atoms with Gasteiger partial charge >= 0.3 is 0 Å². The van der Waals surface area contributed by atoms with Crippen LogP contribution < -0.4 is 19.6 Å². The van der Waals surface area contributed by atoms with Gasteiger partial charge in [0.25, 0.3) is 17.2 Å². The number of para-hydroxylation sites is 1. The molecule has 3 aromatic carbocycles. The van der Waals surface area contributed by atoms with E-state index >= 15 is 0 Å². The predicted molar refractivity (Wildman–Crippen MR) is 173 cm³/mol. The maximum Gasteiger partial charge on any atom is 0.283 e. The molecule has 11 heteroatoms. The number of methoxy groups -OCH3 is 1. The molecule has 0 saturated carbocycles. The zero-order valence-corrected chi connectivity index (χ0v) is 26.7. The number of nitrogens with zero attached hydrogens (tertiary/aromatic N) is 4. The van der Waals surface area contributed by atoms with Crippen LogP contribution in [0.2, 0.25) is 0 Å². The summed E-state index contributed by atoms with van der Waals surface area (Å²) in [6, 6.07) is 19.3. The highest BCUT2D eigenvalue weighted by molar-refractivity contribution is 7.99. The molecule has 0 saturated heterocycles. The molecule has 1 aliphatic heterocycles. The van der Waals surface area contributed by atoms with Crippen molar-refractivity contribution in [2.75, 3.05) is 20.2 Å². The van der Waals surface area contributed by atoms with E-state index in [9.17, 15) is 19.7 Å². The number of carbonyl (C=O) groups excluding carboxylic acids is 1. The van der Waals surface area contributed by atoms with Crippen LogP contribution in [0.1, 0.15) is 43.5 Å². The lowest BCUT2D eigenvalue weighted by molar-refractivity contribution is -0.387. The number of carbonyl (C=O) groups is 1. The van der Waals surface area contributed by atoms with Crippen LogP contribution in [0.5, 0.6) is 5.75 Å². The number of amides is 1. The second-order valence-electron chi connectivity index (χ2n) is 10.2. The lowest BCUT2D eigenvalue weighted by atomic mass is 9.94. The van der Waals surface area contributed by atoms with Crippen molar-refractivity contribution >= 4 is 40.8 Å². The summed E-state index contributed by atoms with van der Waals surface area (Å²) in [7, 11) is 1.55. The summed E-state index contributed by atoms with van der Waals surface area (Å²) in [6.45, 7) is 8.60. The summed E-state index contributed by atoms with van der Waals surface area (Å²) in [5, 5.41) is 12.0. The van der Waals surface area contributed by atoms with Crippen LogP contribution in [0.3, 0.4) is 0 Å². The van der Waals surface area contributed by atoms with Crippen molar-refractivity contribution in [3.05, 3.63) is 124 Å². The van der Waals surface area contributed by atoms with Gasteiger partial charge in [0.1, 0.15) is 11.8 Å². The minimum Gasteiger partial charge on any atom is -0.496 e. The molecule has 0 fully saturated rings. The van der Waals surface area contributed by atoms with Gasteiger partial charge in [0.2, 0.25) is 0 Å². The van der Waals surface area contributed by atoms with Crippen LogP contribution >= 0.6 is 23.1 Å². The Hall–Kier alpha value is -4.48. The Morgan fingerprint density at radius 3 is 2.48 bits per heavy atom. The number of hydrogen-bond donors (Lipinski definition) is 0. The van der Waals surface area contributed by atoms with E-state index in [1.54, 1.807) is 43.2 Å². The molecule has 0 unspecified atom stereocenters. The summed E-state index contributed by atoms with van der Waals surface area (Å²) in [5.41, 5.74) is 2.83. The number of thiazole rings is 1. The Kier molecular flexibility index (Phi) is 9.17. The number of benzene rings is 3. The van der Waals surface area contributed by atoms with Crippen LogP contribution in [-0.2, 0) is 4.79 Å². The van der Waals surface area contributed by atoms with Gasteiger partial charge < -0.3 is 9.64 Å². The first kappa shape index (κ1) is 31.0. The van der Waals surface area contributed by atoms with Crippen LogP contribution in [0.15, 0.2) is 97.6 Å². The molecule has 1 amide bonds. The molecule has 0 aliphatic carbocycles. The third-order valence-corrected chi connectivity index (χ3v) is 9.52. The maximum atomic E-state index is 14.1. The molecule has 1 aliphatic rings. The number of aryl methyl sites for hydroxylation is 1. The largest absolute Gasteiger partial charge is 0.496 e. The van der Waals surface area contributed by atoms with E-state index in [0.717, 1.165) is 10.5 Å². The second kappa shape index (κ2) is 13.0. The molecule has 1 atom stereocenters. The number of aromatic nitrogens is 1. The molecule has 0 bridgehead atoms. The van der Waals surface area contributed by atoms with Gasteiger partial charge in [-0.25, -0.2) is 4.99 Å². The van der Waals surface area contributed by atoms with Gasteiger partial charge in [0.05, 0.1) is 32.7 Å². The fraction of sp³-hybridized carbons (Fsp3) is 0.242. The third-order valence-electron chi connectivity index (χ3n) is 7.46. The summed E-state index contributed by atoms with van der Waals surface area (Å²) in [6.07, 6.45) is 1.64. The first-order valence-corrected chi connectivity index (χ1v) is 15.8. The SMILES string of the molecule is CCN(CC)C(=O)C1=C(C)N=c2s/c(=C\c3ccc(Sc4ccc(C)cc4)c([N+](=O)[O-])c3)c(=O)n2[C@@H]1c1ccccc1OC. The Labute approximate surface area is 263 Å². The van der Waals surface area contributed by atoms with E-state index in [-0.39, 0.29) is 17.2 Å². The van der Waals surface area contributed by atoms with Crippen molar-refractivity contribution < 1.29 is 14.5 Å². The minimum absolute atomic E-state index is 0.0491. The quantitative estimate of drug-likeness (QED) is 0.180. The fourth-order valence-electron chi connectivity index (χ4n) is 5.20. The van der Waals surface area contributed by atoms with Crippen LogP contribution in [0.25, 0.3) is 6.08 Å². The minimum atomic E-state index is -0.764. The van der Waals surface area contributed by atoms with E-state index in [1.165, 1.54) is 33.7 Å². The van der Waals surface area contributed by atoms with Gasteiger partial charge in [0.15, 0.2) is 4.80 Å². The molecule has 0 N–H and O–H groups in total. The molecular weight excluding hydrogens is 597 g/mol.